The molecule has 88 valence electrons. The Labute approximate surface area is 102 Å². The molecule has 0 spiro atoms. The Morgan fingerprint density at radius 3 is 2.59 bits per heavy atom. The van der Waals surface area contributed by atoms with Crippen LogP contribution in [0.5, 0.6) is 0 Å². The molecule has 0 N–H and O–H groups in total. The van der Waals surface area contributed by atoms with Gasteiger partial charge in [0.15, 0.2) is 0 Å². The molecule has 0 heterocycles. The summed E-state index contributed by atoms with van der Waals surface area (Å²) in [6.07, 6.45) is 0. The molecule has 0 atom stereocenters. The Kier molecular flexibility index (Phi) is 3.55. The van der Waals surface area contributed by atoms with Crippen LogP contribution in [0.25, 0.3) is 10.8 Å². The molecule has 0 unspecified atom stereocenters. The summed E-state index contributed by atoms with van der Waals surface area (Å²) in [6.45, 7) is 2.93. The van der Waals surface area contributed by atoms with Crippen LogP contribution in [-0.4, -0.2) is 24.3 Å². The molecule has 0 saturated heterocycles. The molecule has 0 fully saturated rings. The maximum absolute atomic E-state index is 11.1. The monoisotopic (exact) mass is 227 g/mol. The summed E-state index contributed by atoms with van der Waals surface area (Å²) in [7, 11) is 1.98. The van der Waals surface area contributed by atoms with E-state index in [1.807, 2.05) is 18.0 Å². The second-order valence-corrected chi connectivity index (χ2v) is 4.51. The van der Waals surface area contributed by atoms with E-state index in [-0.39, 0.29) is 5.78 Å². The summed E-state index contributed by atoms with van der Waals surface area (Å²) in [6, 6.07) is 14.7. The highest BCUT2D eigenvalue weighted by Gasteiger charge is 2.05. The van der Waals surface area contributed by atoms with E-state index in [4.69, 9.17) is 0 Å². The largest absolute Gasteiger partial charge is 0.299 e. The lowest BCUT2D eigenvalue weighted by atomic mass is 10.0. The van der Waals surface area contributed by atoms with Gasteiger partial charge >= 0.3 is 0 Å². The number of likely N-dealkylation sites (N-methyl/N-ethyl adjacent to an activating group) is 1. The van der Waals surface area contributed by atoms with Gasteiger partial charge in [-0.05, 0) is 30.3 Å². The van der Waals surface area contributed by atoms with E-state index in [0.717, 1.165) is 6.54 Å². The second kappa shape index (κ2) is 5.11. The molecular weight excluding hydrogens is 210 g/mol. The summed E-state index contributed by atoms with van der Waals surface area (Å²) < 4.78 is 0. The van der Waals surface area contributed by atoms with E-state index in [0.29, 0.717) is 6.54 Å². The average Bonchev–Trinajstić information content (AvgIpc) is 2.28. The fourth-order valence-electron chi connectivity index (χ4n) is 2.16. The molecule has 2 nitrogen and oxygen atoms in total. The van der Waals surface area contributed by atoms with Crippen molar-refractivity contribution in [1.82, 2.24) is 4.90 Å². The number of fused-ring (bicyclic) bond motifs is 1. The molecule has 17 heavy (non-hydrogen) atoms. The Bertz CT molecular complexity index is 528. The molecule has 2 rings (SSSR count). The van der Waals surface area contributed by atoms with Crippen molar-refractivity contribution in [3.8, 4) is 0 Å². The third-order valence-electron chi connectivity index (χ3n) is 2.81. The number of ketones is 1. The molecule has 2 aromatic carbocycles. The summed E-state index contributed by atoms with van der Waals surface area (Å²) in [4.78, 5) is 13.1. The Morgan fingerprint density at radius 1 is 1.12 bits per heavy atom. The third-order valence-corrected chi connectivity index (χ3v) is 2.81. The van der Waals surface area contributed by atoms with Crippen LogP contribution in [-0.2, 0) is 11.3 Å². The van der Waals surface area contributed by atoms with Crippen LogP contribution in [0.3, 0.4) is 0 Å². The van der Waals surface area contributed by atoms with Crippen LogP contribution in [0, 0.1) is 0 Å². The van der Waals surface area contributed by atoms with Crippen molar-refractivity contribution >= 4 is 16.6 Å². The Balaban J connectivity index is 2.26. The van der Waals surface area contributed by atoms with E-state index >= 15 is 0 Å². The summed E-state index contributed by atoms with van der Waals surface area (Å²) in [5.41, 5.74) is 1.27. The summed E-state index contributed by atoms with van der Waals surface area (Å²) in [5, 5.41) is 2.52. The molecule has 0 aliphatic rings. The third kappa shape index (κ3) is 2.92. The number of benzene rings is 2. The molecule has 0 aliphatic heterocycles. The zero-order chi connectivity index (χ0) is 12.3. The molecule has 0 aromatic heterocycles. The molecule has 0 amide bonds. The number of hydrogen-bond donors (Lipinski definition) is 0. The summed E-state index contributed by atoms with van der Waals surface area (Å²) >= 11 is 0. The minimum absolute atomic E-state index is 0.202. The number of hydrogen-bond acceptors (Lipinski definition) is 2. The number of Topliss-reactive ketones (excluding diaryl/α,β-unsaturated/α-hetero) is 1. The van der Waals surface area contributed by atoms with Gasteiger partial charge in [0, 0.05) is 6.54 Å². The minimum atomic E-state index is 0.202. The van der Waals surface area contributed by atoms with Crippen LogP contribution >= 0.6 is 0 Å². The molecule has 0 bridgehead atoms. The topological polar surface area (TPSA) is 20.3 Å². The number of carbonyl (C=O) groups excluding carboxylic acids is 1. The van der Waals surface area contributed by atoms with E-state index in [1.54, 1.807) is 6.92 Å². The Morgan fingerprint density at radius 2 is 1.82 bits per heavy atom. The highest BCUT2D eigenvalue weighted by molar-refractivity contribution is 5.85. The average molecular weight is 227 g/mol. The molecule has 2 aromatic rings. The Hall–Kier alpha value is -1.67. The zero-order valence-corrected chi connectivity index (χ0v) is 10.3. The van der Waals surface area contributed by atoms with Crippen molar-refractivity contribution in [2.24, 2.45) is 0 Å². The van der Waals surface area contributed by atoms with E-state index in [2.05, 4.69) is 36.4 Å². The van der Waals surface area contributed by atoms with Gasteiger partial charge in [-0.3, -0.25) is 9.69 Å². The first-order chi connectivity index (χ1) is 8.16. The van der Waals surface area contributed by atoms with Gasteiger partial charge in [0.1, 0.15) is 5.78 Å². The number of rotatable bonds is 4. The fourth-order valence-corrected chi connectivity index (χ4v) is 2.16. The van der Waals surface area contributed by atoms with Gasteiger partial charge < -0.3 is 0 Å². The van der Waals surface area contributed by atoms with E-state index in [9.17, 15) is 4.79 Å². The molecule has 0 aliphatic carbocycles. The first-order valence-electron chi connectivity index (χ1n) is 5.81. The van der Waals surface area contributed by atoms with Gasteiger partial charge in [0.2, 0.25) is 0 Å². The first kappa shape index (κ1) is 11.8. The fraction of sp³-hybridized carbons (Fsp3) is 0.267. The molecule has 2 heteroatoms. The van der Waals surface area contributed by atoms with Crippen molar-refractivity contribution in [2.75, 3.05) is 13.6 Å². The maximum atomic E-state index is 11.1. The van der Waals surface area contributed by atoms with Crippen molar-refractivity contribution in [1.29, 1.82) is 0 Å². The van der Waals surface area contributed by atoms with Crippen LogP contribution in [0.2, 0.25) is 0 Å². The smallest absolute Gasteiger partial charge is 0.143 e. The standard InChI is InChI=1S/C15H17NO/c1-12(17)10-16(2)11-14-8-5-7-13-6-3-4-9-15(13)14/h3-9H,10-11H2,1-2H3. The van der Waals surface area contributed by atoms with Gasteiger partial charge in [-0.15, -0.1) is 0 Å². The number of nitrogens with zero attached hydrogens (tertiary/aromatic N) is 1. The van der Waals surface area contributed by atoms with Crippen LogP contribution in [0.1, 0.15) is 12.5 Å². The van der Waals surface area contributed by atoms with E-state index in [1.165, 1.54) is 16.3 Å². The van der Waals surface area contributed by atoms with Crippen LogP contribution in [0.15, 0.2) is 42.5 Å². The lowest BCUT2D eigenvalue weighted by Crippen LogP contribution is -2.23. The lowest BCUT2D eigenvalue weighted by molar-refractivity contribution is -0.117. The number of carbonyl (C=O) groups is 1. The van der Waals surface area contributed by atoms with Crippen molar-refractivity contribution in [3.05, 3.63) is 48.0 Å². The van der Waals surface area contributed by atoms with Crippen molar-refractivity contribution in [3.63, 3.8) is 0 Å². The van der Waals surface area contributed by atoms with Gasteiger partial charge in [-0.2, -0.15) is 0 Å². The minimum Gasteiger partial charge on any atom is -0.299 e. The van der Waals surface area contributed by atoms with Gasteiger partial charge in [0.25, 0.3) is 0 Å². The zero-order valence-electron chi connectivity index (χ0n) is 10.3. The van der Waals surface area contributed by atoms with Crippen molar-refractivity contribution < 1.29 is 4.79 Å². The maximum Gasteiger partial charge on any atom is 0.143 e. The van der Waals surface area contributed by atoms with Gasteiger partial charge in [-0.1, -0.05) is 42.5 Å². The van der Waals surface area contributed by atoms with Gasteiger partial charge in [0.05, 0.1) is 6.54 Å². The summed E-state index contributed by atoms with van der Waals surface area (Å²) in [5.74, 6) is 0.202. The quantitative estimate of drug-likeness (QED) is 0.800. The highest BCUT2D eigenvalue weighted by Crippen LogP contribution is 2.19. The SMILES string of the molecule is CC(=O)CN(C)Cc1cccc2ccccc12. The van der Waals surface area contributed by atoms with Gasteiger partial charge in [-0.25, -0.2) is 0 Å². The molecular formula is C15H17NO. The van der Waals surface area contributed by atoms with Crippen molar-refractivity contribution in [2.45, 2.75) is 13.5 Å². The van der Waals surface area contributed by atoms with E-state index < -0.39 is 0 Å². The molecule has 0 saturated carbocycles. The first-order valence-corrected chi connectivity index (χ1v) is 5.81. The lowest BCUT2D eigenvalue weighted by Gasteiger charge is -2.16. The predicted octanol–water partition coefficient (Wildman–Crippen LogP) is 2.86. The highest BCUT2D eigenvalue weighted by atomic mass is 16.1. The van der Waals surface area contributed by atoms with Crippen LogP contribution < -0.4 is 0 Å². The van der Waals surface area contributed by atoms with Crippen LogP contribution in [0.4, 0.5) is 0 Å². The second-order valence-electron chi connectivity index (χ2n) is 4.51. The molecule has 0 radical (unpaired) electrons. The normalized spacial score (nSPS) is 11.0. The predicted molar refractivity (Wildman–Crippen MR) is 71.0 cm³/mol.